The van der Waals surface area contributed by atoms with Gasteiger partial charge in [0, 0.05) is 5.39 Å². The Morgan fingerprint density at radius 3 is 1.62 bits per heavy atom. The SMILES string of the molecule is Fc1ccc2c(-c3ccc(C(F)(F)F)cc3)c3ccc(F)cc3c(-c3cccc4c(F)cccc34)c2c1. The first-order valence-corrected chi connectivity index (χ1v) is 11.4. The van der Waals surface area contributed by atoms with Crippen LogP contribution in [0.15, 0.2) is 97.1 Å². The number of hydrogen-bond donors (Lipinski definition) is 0. The number of benzene rings is 6. The van der Waals surface area contributed by atoms with Crippen molar-refractivity contribution in [3.63, 3.8) is 0 Å². The number of halogens is 6. The highest BCUT2D eigenvalue weighted by atomic mass is 19.4. The lowest BCUT2D eigenvalue weighted by Gasteiger charge is -2.19. The van der Waals surface area contributed by atoms with Crippen LogP contribution in [0, 0.1) is 17.5 Å². The highest BCUT2D eigenvalue weighted by molar-refractivity contribution is 6.23. The molecule has 6 aromatic rings. The lowest BCUT2D eigenvalue weighted by Crippen LogP contribution is -2.04. The Hall–Kier alpha value is -4.32. The zero-order valence-corrected chi connectivity index (χ0v) is 19.0. The van der Waals surface area contributed by atoms with Crippen LogP contribution in [0.25, 0.3) is 54.6 Å². The minimum Gasteiger partial charge on any atom is -0.207 e. The molecule has 0 bridgehead atoms. The molecule has 0 spiro atoms. The second-order valence-electron chi connectivity index (χ2n) is 8.85. The largest absolute Gasteiger partial charge is 0.416 e. The molecule has 37 heavy (non-hydrogen) atoms. The van der Waals surface area contributed by atoms with Crippen molar-refractivity contribution < 1.29 is 26.3 Å². The summed E-state index contributed by atoms with van der Waals surface area (Å²) in [5.41, 5.74) is 1.32. The number of alkyl halides is 3. The lowest BCUT2D eigenvalue weighted by atomic mass is 9.84. The Morgan fingerprint density at radius 1 is 0.459 bits per heavy atom. The third kappa shape index (κ3) is 3.80. The topological polar surface area (TPSA) is 0 Å². The van der Waals surface area contributed by atoms with Gasteiger partial charge in [-0.2, -0.15) is 13.2 Å². The van der Waals surface area contributed by atoms with Crippen LogP contribution in [-0.4, -0.2) is 0 Å². The van der Waals surface area contributed by atoms with Gasteiger partial charge in [0.05, 0.1) is 5.56 Å². The van der Waals surface area contributed by atoms with Crippen molar-refractivity contribution in [2.75, 3.05) is 0 Å². The summed E-state index contributed by atoms with van der Waals surface area (Å²) in [6.45, 7) is 0. The summed E-state index contributed by atoms with van der Waals surface area (Å²) in [6.07, 6.45) is -4.50. The number of fused-ring (bicyclic) bond motifs is 3. The van der Waals surface area contributed by atoms with Gasteiger partial charge >= 0.3 is 6.18 Å². The fourth-order valence-corrected chi connectivity index (χ4v) is 5.09. The molecule has 6 heteroatoms. The van der Waals surface area contributed by atoms with Gasteiger partial charge in [-0.3, -0.25) is 0 Å². The summed E-state index contributed by atoms with van der Waals surface area (Å²) in [5.74, 6) is -1.49. The molecule has 0 aliphatic rings. The molecule has 6 aromatic carbocycles. The van der Waals surface area contributed by atoms with Gasteiger partial charge in [0.1, 0.15) is 17.5 Å². The summed E-state index contributed by atoms with van der Waals surface area (Å²) in [6, 6.07) is 22.8. The van der Waals surface area contributed by atoms with E-state index in [1.807, 2.05) is 0 Å². The quantitative estimate of drug-likeness (QED) is 0.163. The molecule has 182 valence electrons. The maximum atomic E-state index is 14.6. The molecular formula is C31H16F6. The van der Waals surface area contributed by atoms with E-state index in [0.29, 0.717) is 54.6 Å². The summed E-state index contributed by atoms with van der Waals surface area (Å²) < 4.78 is 83.5. The molecule has 0 saturated heterocycles. The first-order chi connectivity index (χ1) is 17.7. The number of hydrogen-bond acceptors (Lipinski definition) is 0. The molecule has 0 N–H and O–H groups in total. The van der Waals surface area contributed by atoms with E-state index in [2.05, 4.69) is 0 Å². The molecular weight excluding hydrogens is 486 g/mol. The van der Waals surface area contributed by atoms with E-state index in [4.69, 9.17) is 0 Å². The van der Waals surface area contributed by atoms with Crippen molar-refractivity contribution >= 4 is 32.3 Å². The van der Waals surface area contributed by atoms with Crippen LogP contribution in [0.2, 0.25) is 0 Å². The summed E-state index contributed by atoms with van der Waals surface area (Å²) in [5, 5.41) is 2.95. The Bertz CT molecular complexity index is 1770. The van der Waals surface area contributed by atoms with Crippen molar-refractivity contribution in [1.29, 1.82) is 0 Å². The van der Waals surface area contributed by atoms with Crippen LogP contribution in [0.5, 0.6) is 0 Å². The molecule has 0 aliphatic heterocycles. The van der Waals surface area contributed by atoms with Crippen LogP contribution in [0.1, 0.15) is 5.56 Å². The van der Waals surface area contributed by atoms with Gasteiger partial charge in [-0.15, -0.1) is 0 Å². The molecule has 0 fully saturated rings. The van der Waals surface area contributed by atoms with Crippen molar-refractivity contribution in [3.05, 3.63) is 120 Å². The first kappa shape index (κ1) is 23.1. The molecule has 0 aliphatic carbocycles. The molecule has 0 nitrogen and oxygen atoms in total. The zero-order chi connectivity index (χ0) is 25.9. The summed E-state index contributed by atoms with van der Waals surface area (Å²) in [7, 11) is 0. The molecule has 6 rings (SSSR count). The Kier molecular flexibility index (Phi) is 5.23. The van der Waals surface area contributed by atoms with Gasteiger partial charge in [-0.05, 0) is 91.6 Å². The minimum absolute atomic E-state index is 0.362. The van der Waals surface area contributed by atoms with Gasteiger partial charge in [0.15, 0.2) is 0 Å². The van der Waals surface area contributed by atoms with Gasteiger partial charge in [-0.25, -0.2) is 13.2 Å². The van der Waals surface area contributed by atoms with Crippen molar-refractivity contribution in [1.82, 2.24) is 0 Å². The fraction of sp³-hybridized carbons (Fsp3) is 0.0323. The Labute approximate surface area is 207 Å². The van der Waals surface area contributed by atoms with Crippen molar-refractivity contribution in [3.8, 4) is 22.3 Å². The van der Waals surface area contributed by atoms with E-state index in [1.54, 1.807) is 42.5 Å². The smallest absolute Gasteiger partial charge is 0.207 e. The average molecular weight is 502 g/mol. The van der Waals surface area contributed by atoms with Crippen LogP contribution >= 0.6 is 0 Å². The van der Waals surface area contributed by atoms with E-state index in [-0.39, 0.29) is 0 Å². The second kappa shape index (κ2) is 8.37. The summed E-state index contributed by atoms with van der Waals surface area (Å²) >= 11 is 0. The fourth-order valence-electron chi connectivity index (χ4n) is 5.09. The van der Waals surface area contributed by atoms with Gasteiger partial charge in [-0.1, -0.05) is 54.6 Å². The molecule has 0 amide bonds. The van der Waals surface area contributed by atoms with Gasteiger partial charge in [0.25, 0.3) is 0 Å². The maximum absolute atomic E-state index is 14.6. The second-order valence-corrected chi connectivity index (χ2v) is 8.85. The molecule has 0 radical (unpaired) electrons. The monoisotopic (exact) mass is 502 g/mol. The van der Waals surface area contributed by atoms with E-state index >= 15 is 0 Å². The minimum atomic E-state index is -4.50. The Morgan fingerprint density at radius 2 is 1.03 bits per heavy atom. The highest BCUT2D eigenvalue weighted by Gasteiger charge is 2.30. The highest BCUT2D eigenvalue weighted by Crippen LogP contribution is 2.46. The predicted molar refractivity (Wildman–Crippen MR) is 135 cm³/mol. The van der Waals surface area contributed by atoms with Crippen LogP contribution < -0.4 is 0 Å². The molecule has 0 aromatic heterocycles. The zero-order valence-electron chi connectivity index (χ0n) is 19.0. The first-order valence-electron chi connectivity index (χ1n) is 11.4. The standard InChI is InChI=1S/C31H16F6/c32-19-11-13-24-26(15-19)30(23-5-1-4-22-21(23)3-2-6-28(22)34)27-16-20(33)12-14-25(27)29(24)17-7-9-18(10-8-17)31(35,36)37/h1-16H. The third-order valence-electron chi connectivity index (χ3n) is 6.68. The van der Waals surface area contributed by atoms with E-state index in [9.17, 15) is 26.3 Å². The van der Waals surface area contributed by atoms with E-state index in [0.717, 1.165) is 12.1 Å². The van der Waals surface area contributed by atoms with Crippen molar-refractivity contribution in [2.24, 2.45) is 0 Å². The van der Waals surface area contributed by atoms with E-state index in [1.165, 1.54) is 42.5 Å². The van der Waals surface area contributed by atoms with Crippen LogP contribution in [-0.2, 0) is 6.18 Å². The molecule has 0 saturated carbocycles. The Balaban J connectivity index is 1.78. The molecule has 0 atom stereocenters. The predicted octanol–water partition coefficient (Wildman–Crippen LogP) is 9.92. The lowest BCUT2D eigenvalue weighted by molar-refractivity contribution is -0.137. The van der Waals surface area contributed by atoms with Crippen molar-refractivity contribution in [2.45, 2.75) is 6.18 Å². The average Bonchev–Trinajstić information content (AvgIpc) is 2.87. The number of rotatable bonds is 2. The van der Waals surface area contributed by atoms with Crippen LogP contribution in [0.3, 0.4) is 0 Å². The third-order valence-corrected chi connectivity index (χ3v) is 6.68. The van der Waals surface area contributed by atoms with E-state index < -0.39 is 29.2 Å². The van der Waals surface area contributed by atoms with Gasteiger partial charge < -0.3 is 0 Å². The summed E-state index contributed by atoms with van der Waals surface area (Å²) in [4.78, 5) is 0. The van der Waals surface area contributed by atoms with Gasteiger partial charge in [0.2, 0.25) is 0 Å². The molecule has 0 unspecified atom stereocenters. The normalized spacial score (nSPS) is 12.1. The van der Waals surface area contributed by atoms with Crippen LogP contribution in [0.4, 0.5) is 26.3 Å². The molecule has 0 heterocycles. The maximum Gasteiger partial charge on any atom is 0.416 e.